The second kappa shape index (κ2) is 6.48. The van der Waals surface area contributed by atoms with E-state index in [1.54, 1.807) is 12.3 Å². The number of sulfonamides is 1. The van der Waals surface area contributed by atoms with Crippen LogP contribution in [0.15, 0.2) is 17.2 Å². The van der Waals surface area contributed by atoms with Crippen molar-refractivity contribution in [2.75, 3.05) is 20.1 Å². The van der Waals surface area contributed by atoms with Gasteiger partial charge in [0.05, 0.1) is 4.90 Å². The molecule has 21 heavy (non-hydrogen) atoms. The third kappa shape index (κ3) is 4.06. The summed E-state index contributed by atoms with van der Waals surface area (Å²) >= 11 is 0. The van der Waals surface area contributed by atoms with E-state index in [-0.39, 0.29) is 0 Å². The molecule has 1 heterocycles. The van der Waals surface area contributed by atoms with E-state index in [0.29, 0.717) is 36.6 Å². The summed E-state index contributed by atoms with van der Waals surface area (Å²) in [6.07, 6.45) is 3.93. The van der Waals surface area contributed by atoms with Crippen LogP contribution in [0.5, 0.6) is 0 Å². The van der Waals surface area contributed by atoms with Crippen molar-refractivity contribution in [1.29, 1.82) is 0 Å². The van der Waals surface area contributed by atoms with Gasteiger partial charge in [-0.2, -0.15) is 0 Å². The first-order chi connectivity index (χ1) is 9.85. The minimum Gasteiger partial charge on any atom is -0.346 e. The number of hydrogen-bond donors (Lipinski definition) is 2. The Labute approximate surface area is 127 Å². The Kier molecular flexibility index (Phi) is 5.08. The minimum atomic E-state index is -3.45. The highest BCUT2D eigenvalue weighted by molar-refractivity contribution is 7.89. The molecule has 0 unspecified atom stereocenters. The van der Waals surface area contributed by atoms with E-state index in [2.05, 4.69) is 23.5 Å². The van der Waals surface area contributed by atoms with Crippen molar-refractivity contribution in [2.24, 2.45) is 5.73 Å². The number of nitrogens with one attached hydrogen (secondary N) is 1. The molecule has 6 nitrogen and oxygen atoms in total. The van der Waals surface area contributed by atoms with Crippen molar-refractivity contribution < 1.29 is 8.42 Å². The second-order valence-corrected chi connectivity index (χ2v) is 7.75. The molecule has 0 atom stereocenters. The summed E-state index contributed by atoms with van der Waals surface area (Å²) in [4.78, 5) is 2.42. The number of hydrogen-bond acceptors (Lipinski definition) is 4. The molecule has 1 fully saturated rings. The van der Waals surface area contributed by atoms with Gasteiger partial charge in [0, 0.05) is 43.6 Å². The molecule has 0 aliphatic heterocycles. The quantitative estimate of drug-likeness (QED) is 0.747. The molecular weight excluding hydrogens is 288 g/mol. The molecule has 0 bridgehead atoms. The monoisotopic (exact) mass is 314 g/mol. The van der Waals surface area contributed by atoms with Crippen molar-refractivity contribution in [2.45, 2.75) is 50.2 Å². The van der Waals surface area contributed by atoms with E-state index in [0.717, 1.165) is 18.5 Å². The molecule has 2 rings (SSSR count). The summed E-state index contributed by atoms with van der Waals surface area (Å²) < 4.78 is 29.3. The van der Waals surface area contributed by atoms with Crippen molar-refractivity contribution in [3.8, 4) is 0 Å². The highest BCUT2D eigenvalue weighted by Gasteiger charge is 2.27. The van der Waals surface area contributed by atoms with Crippen LogP contribution in [0.3, 0.4) is 0 Å². The third-order valence-corrected chi connectivity index (χ3v) is 5.43. The van der Waals surface area contributed by atoms with Gasteiger partial charge < -0.3 is 15.2 Å². The van der Waals surface area contributed by atoms with Crippen molar-refractivity contribution in [3.63, 3.8) is 0 Å². The Balaban J connectivity index is 2.02. The fourth-order valence-electron chi connectivity index (χ4n) is 2.20. The first-order valence-corrected chi connectivity index (χ1v) is 8.94. The maximum atomic E-state index is 12.3. The SMILES string of the molecule is CC(C)N(C)CCNS(=O)(=O)c1cc(CN)n(C2CC2)c1. The van der Waals surface area contributed by atoms with Gasteiger partial charge in [0.1, 0.15) is 0 Å². The summed E-state index contributed by atoms with van der Waals surface area (Å²) in [7, 11) is -1.47. The Morgan fingerprint density at radius 3 is 2.67 bits per heavy atom. The topological polar surface area (TPSA) is 80.4 Å². The molecule has 0 spiro atoms. The van der Waals surface area contributed by atoms with Gasteiger partial charge in [-0.25, -0.2) is 13.1 Å². The fraction of sp³-hybridized carbons (Fsp3) is 0.714. The summed E-state index contributed by atoms with van der Waals surface area (Å²) in [6.45, 7) is 5.62. The van der Waals surface area contributed by atoms with Gasteiger partial charge >= 0.3 is 0 Å². The van der Waals surface area contributed by atoms with Crippen LogP contribution in [0.2, 0.25) is 0 Å². The molecule has 3 N–H and O–H groups in total. The molecule has 0 amide bonds. The Morgan fingerprint density at radius 1 is 1.48 bits per heavy atom. The Bertz CT molecular complexity index is 576. The lowest BCUT2D eigenvalue weighted by atomic mass is 10.3. The van der Waals surface area contributed by atoms with Gasteiger partial charge in [0.25, 0.3) is 0 Å². The maximum Gasteiger partial charge on any atom is 0.242 e. The zero-order valence-electron chi connectivity index (χ0n) is 13.0. The van der Waals surface area contributed by atoms with E-state index in [9.17, 15) is 8.42 Å². The predicted molar refractivity (Wildman–Crippen MR) is 83.5 cm³/mol. The molecule has 1 aromatic rings. The van der Waals surface area contributed by atoms with Crippen LogP contribution in [-0.4, -0.2) is 44.1 Å². The normalized spacial score (nSPS) is 16.1. The van der Waals surface area contributed by atoms with E-state index < -0.39 is 10.0 Å². The zero-order valence-corrected chi connectivity index (χ0v) is 13.9. The highest BCUT2D eigenvalue weighted by Crippen LogP contribution is 2.37. The first kappa shape index (κ1) is 16.5. The third-order valence-electron chi connectivity index (χ3n) is 4.00. The molecule has 0 aromatic carbocycles. The number of aromatic nitrogens is 1. The van der Waals surface area contributed by atoms with Crippen LogP contribution < -0.4 is 10.5 Å². The van der Waals surface area contributed by atoms with Crippen LogP contribution in [0, 0.1) is 0 Å². The van der Waals surface area contributed by atoms with Gasteiger partial charge in [0.2, 0.25) is 10.0 Å². The highest BCUT2D eigenvalue weighted by atomic mass is 32.2. The molecule has 0 radical (unpaired) electrons. The van der Waals surface area contributed by atoms with Crippen molar-refractivity contribution in [1.82, 2.24) is 14.2 Å². The average molecular weight is 314 g/mol. The first-order valence-electron chi connectivity index (χ1n) is 7.46. The molecule has 0 saturated heterocycles. The Hall–Kier alpha value is -0.890. The number of nitrogens with zero attached hydrogens (tertiary/aromatic N) is 2. The van der Waals surface area contributed by atoms with E-state index >= 15 is 0 Å². The van der Waals surface area contributed by atoms with Crippen LogP contribution in [-0.2, 0) is 16.6 Å². The molecule has 1 aromatic heterocycles. The standard InChI is InChI=1S/C14H26N4O2S/c1-11(2)17(3)7-6-16-21(19,20)14-8-13(9-15)18(10-14)12-4-5-12/h8,10-12,16H,4-7,9,15H2,1-3H3. The van der Waals surface area contributed by atoms with E-state index in [1.807, 2.05) is 11.6 Å². The number of rotatable bonds is 8. The van der Waals surface area contributed by atoms with Gasteiger partial charge in [-0.3, -0.25) is 0 Å². The van der Waals surface area contributed by atoms with Crippen molar-refractivity contribution in [3.05, 3.63) is 18.0 Å². The van der Waals surface area contributed by atoms with Crippen LogP contribution in [0.25, 0.3) is 0 Å². The Morgan fingerprint density at radius 2 is 2.14 bits per heavy atom. The summed E-state index contributed by atoms with van der Waals surface area (Å²) in [5.74, 6) is 0. The predicted octanol–water partition coefficient (Wildman–Crippen LogP) is 0.900. The summed E-state index contributed by atoms with van der Waals surface area (Å²) in [6, 6.07) is 2.51. The number of nitrogens with two attached hydrogens (primary N) is 1. The van der Waals surface area contributed by atoms with Gasteiger partial charge in [-0.05, 0) is 39.8 Å². The van der Waals surface area contributed by atoms with Gasteiger partial charge in [-0.1, -0.05) is 0 Å². The lowest BCUT2D eigenvalue weighted by Gasteiger charge is -2.20. The largest absolute Gasteiger partial charge is 0.346 e. The molecule has 1 saturated carbocycles. The molecular formula is C14H26N4O2S. The summed E-state index contributed by atoms with van der Waals surface area (Å²) in [5, 5.41) is 0. The van der Waals surface area contributed by atoms with Crippen molar-refractivity contribution >= 4 is 10.0 Å². The van der Waals surface area contributed by atoms with E-state index in [1.165, 1.54) is 0 Å². The average Bonchev–Trinajstić information content (AvgIpc) is 3.16. The van der Waals surface area contributed by atoms with Gasteiger partial charge in [0.15, 0.2) is 0 Å². The molecule has 7 heteroatoms. The lowest BCUT2D eigenvalue weighted by molar-refractivity contribution is 0.278. The maximum absolute atomic E-state index is 12.3. The molecule has 1 aliphatic rings. The number of likely N-dealkylation sites (N-methyl/N-ethyl adjacent to an activating group) is 1. The van der Waals surface area contributed by atoms with Crippen LogP contribution in [0.4, 0.5) is 0 Å². The van der Waals surface area contributed by atoms with Crippen LogP contribution >= 0.6 is 0 Å². The summed E-state index contributed by atoms with van der Waals surface area (Å²) in [5.41, 5.74) is 6.59. The lowest BCUT2D eigenvalue weighted by Crippen LogP contribution is -2.36. The zero-order chi connectivity index (χ0) is 15.6. The molecule has 1 aliphatic carbocycles. The second-order valence-electron chi connectivity index (χ2n) is 5.98. The molecule has 120 valence electrons. The fourth-order valence-corrected chi connectivity index (χ4v) is 3.27. The van der Waals surface area contributed by atoms with E-state index in [4.69, 9.17) is 5.73 Å². The smallest absolute Gasteiger partial charge is 0.242 e. The van der Waals surface area contributed by atoms with Crippen LogP contribution in [0.1, 0.15) is 38.4 Å². The minimum absolute atomic E-state index is 0.321. The van der Waals surface area contributed by atoms with Gasteiger partial charge in [-0.15, -0.1) is 0 Å².